The molecule has 0 spiro atoms. The number of amidine groups is 1. The van der Waals surface area contributed by atoms with Gasteiger partial charge in [-0.25, -0.2) is 4.98 Å². The highest BCUT2D eigenvalue weighted by atomic mass is 16.6. The second-order valence-electron chi connectivity index (χ2n) is 3.11. The highest BCUT2D eigenvalue weighted by Gasteiger charge is 2.22. The van der Waals surface area contributed by atoms with Gasteiger partial charge in [0.2, 0.25) is 0 Å². The summed E-state index contributed by atoms with van der Waals surface area (Å²) in [6.45, 7) is 1.12. The first-order valence-corrected chi connectivity index (χ1v) is 4.48. The third kappa shape index (κ3) is 1.99. The summed E-state index contributed by atoms with van der Waals surface area (Å²) in [6, 6.07) is 3.45. The van der Waals surface area contributed by atoms with Gasteiger partial charge in [0.1, 0.15) is 11.9 Å². The van der Waals surface area contributed by atoms with E-state index in [0.717, 1.165) is 0 Å². The molecule has 0 saturated carbocycles. The predicted molar refractivity (Wildman–Crippen MR) is 52.0 cm³/mol. The van der Waals surface area contributed by atoms with Gasteiger partial charge in [-0.05, 0) is 12.1 Å². The van der Waals surface area contributed by atoms with Crippen LogP contribution >= 0.6 is 0 Å². The van der Waals surface area contributed by atoms with Crippen molar-refractivity contribution in [1.82, 2.24) is 4.98 Å². The lowest BCUT2D eigenvalue weighted by Gasteiger charge is -2.27. The molecule has 1 saturated heterocycles. The summed E-state index contributed by atoms with van der Waals surface area (Å²) < 4.78 is 10.5. The molecule has 80 valence electrons. The van der Waals surface area contributed by atoms with E-state index >= 15 is 0 Å². The topological polar surface area (TPSA) is 90.0 Å². The fourth-order valence-electron chi connectivity index (χ4n) is 1.19. The Hall–Kier alpha value is -1.82. The van der Waals surface area contributed by atoms with Gasteiger partial charge in [0, 0.05) is 6.20 Å². The van der Waals surface area contributed by atoms with Crippen LogP contribution in [0.15, 0.2) is 23.5 Å². The zero-order chi connectivity index (χ0) is 10.7. The molecule has 3 N–H and O–H groups in total. The Balaban J connectivity index is 2.20. The summed E-state index contributed by atoms with van der Waals surface area (Å²) in [5.41, 5.74) is 5.80. The van der Waals surface area contributed by atoms with Crippen LogP contribution in [0.25, 0.3) is 0 Å². The average molecular weight is 209 g/mol. The molecule has 2 heterocycles. The molecule has 1 aliphatic heterocycles. The van der Waals surface area contributed by atoms with Gasteiger partial charge in [-0.15, -0.1) is 0 Å². The van der Waals surface area contributed by atoms with Crippen LogP contribution in [0.1, 0.15) is 5.69 Å². The summed E-state index contributed by atoms with van der Waals surface area (Å²) in [4.78, 5) is 3.98. The van der Waals surface area contributed by atoms with Crippen LogP contribution in [0.2, 0.25) is 0 Å². The van der Waals surface area contributed by atoms with Crippen molar-refractivity contribution < 1.29 is 14.7 Å². The Morgan fingerprint density at radius 1 is 1.67 bits per heavy atom. The smallest absolute Gasteiger partial charge is 0.192 e. The molecule has 15 heavy (non-hydrogen) atoms. The Bertz CT molecular complexity index is 377. The van der Waals surface area contributed by atoms with Gasteiger partial charge in [-0.2, -0.15) is 0 Å². The zero-order valence-corrected chi connectivity index (χ0v) is 7.96. The molecule has 0 atom stereocenters. The van der Waals surface area contributed by atoms with E-state index in [1.807, 2.05) is 0 Å². The Morgan fingerprint density at radius 3 is 3.07 bits per heavy atom. The van der Waals surface area contributed by atoms with E-state index in [2.05, 4.69) is 10.1 Å². The van der Waals surface area contributed by atoms with E-state index in [1.54, 1.807) is 18.3 Å². The minimum atomic E-state index is -0.0640. The lowest BCUT2D eigenvalue weighted by molar-refractivity contribution is -0.0798. The summed E-state index contributed by atoms with van der Waals surface area (Å²) in [7, 11) is 0. The van der Waals surface area contributed by atoms with E-state index in [4.69, 9.17) is 20.4 Å². The number of hydrogen-bond acceptors (Lipinski definition) is 5. The largest absolute Gasteiger partial charge is 0.483 e. The number of nitrogens with zero attached hydrogens (tertiary/aromatic N) is 2. The first-order chi connectivity index (χ1) is 7.31. The van der Waals surface area contributed by atoms with Crippen LogP contribution in [0.5, 0.6) is 5.75 Å². The quantitative estimate of drug-likeness (QED) is 0.315. The summed E-state index contributed by atoms with van der Waals surface area (Å²) >= 11 is 0. The number of ether oxygens (including phenoxy) is 2. The Kier molecular flexibility index (Phi) is 2.68. The zero-order valence-electron chi connectivity index (χ0n) is 7.96. The molecule has 0 aliphatic carbocycles. The fraction of sp³-hybridized carbons (Fsp3) is 0.333. The Labute approximate surface area is 86.3 Å². The van der Waals surface area contributed by atoms with Gasteiger partial charge in [0.05, 0.1) is 13.2 Å². The standard InChI is InChI=1S/C9H11N3O3/c10-9(12-13)8-7(2-1-3-11-8)15-6-4-14-5-6/h1-3,6,13H,4-5H2,(H2,10,12). The second-order valence-corrected chi connectivity index (χ2v) is 3.11. The highest BCUT2D eigenvalue weighted by molar-refractivity contribution is 5.97. The lowest BCUT2D eigenvalue weighted by Crippen LogP contribution is -2.39. The average Bonchev–Trinajstić information content (AvgIpc) is 2.23. The van der Waals surface area contributed by atoms with Crippen LogP contribution in [0, 0.1) is 0 Å². The number of aromatic nitrogens is 1. The molecule has 0 aromatic carbocycles. The monoisotopic (exact) mass is 209 g/mol. The maximum absolute atomic E-state index is 8.56. The van der Waals surface area contributed by atoms with E-state index in [-0.39, 0.29) is 11.9 Å². The minimum Gasteiger partial charge on any atom is -0.483 e. The van der Waals surface area contributed by atoms with E-state index in [0.29, 0.717) is 24.7 Å². The molecule has 1 fully saturated rings. The third-order valence-corrected chi connectivity index (χ3v) is 2.02. The molecule has 1 aromatic heterocycles. The third-order valence-electron chi connectivity index (χ3n) is 2.02. The molecular weight excluding hydrogens is 198 g/mol. The van der Waals surface area contributed by atoms with Crippen LogP contribution in [-0.4, -0.2) is 35.3 Å². The van der Waals surface area contributed by atoms with Crippen molar-refractivity contribution in [2.24, 2.45) is 10.9 Å². The fourth-order valence-corrected chi connectivity index (χ4v) is 1.19. The molecule has 2 rings (SSSR count). The van der Waals surface area contributed by atoms with E-state index < -0.39 is 0 Å². The maximum atomic E-state index is 8.56. The van der Waals surface area contributed by atoms with E-state index in [1.165, 1.54) is 0 Å². The molecule has 0 radical (unpaired) electrons. The van der Waals surface area contributed by atoms with Crippen molar-refractivity contribution in [2.45, 2.75) is 6.10 Å². The number of nitrogens with two attached hydrogens (primary N) is 1. The molecule has 0 bridgehead atoms. The van der Waals surface area contributed by atoms with Gasteiger partial charge in [0.15, 0.2) is 11.5 Å². The van der Waals surface area contributed by atoms with Crippen molar-refractivity contribution in [3.8, 4) is 5.75 Å². The van der Waals surface area contributed by atoms with Gasteiger partial charge < -0.3 is 20.4 Å². The molecule has 6 heteroatoms. The second kappa shape index (κ2) is 4.14. The first kappa shape index (κ1) is 9.72. The number of pyridine rings is 1. The van der Waals surface area contributed by atoms with Crippen molar-refractivity contribution in [3.63, 3.8) is 0 Å². The van der Waals surface area contributed by atoms with Crippen molar-refractivity contribution >= 4 is 5.84 Å². The van der Waals surface area contributed by atoms with E-state index in [9.17, 15) is 0 Å². The number of rotatable bonds is 3. The van der Waals surface area contributed by atoms with Crippen LogP contribution in [-0.2, 0) is 4.74 Å². The van der Waals surface area contributed by atoms with Crippen LogP contribution in [0.3, 0.4) is 0 Å². The van der Waals surface area contributed by atoms with Crippen LogP contribution < -0.4 is 10.5 Å². The normalized spacial score (nSPS) is 17.2. The van der Waals surface area contributed by atoms with Gasteiger partial charge in [-0.3, -0.25) is 0 Å². The molecular formula is C9H11N3O3. The maximum Gasteiger partial charge on any atom is 0.192 e. The van der Waals surface area contributed by atoms with Gasteiger partial charge in [0.25, 0.3) is 0 Å². The minimum absolute atomic E-state index is 0.0273. The predicted octanol–water partition coefficient (Wildman–Crippen LogP) is -0.0463. The summed E-state index contributed by atoms with van der Waals surface area (Å²) in [5.74, 6) is 0.437. The number of hydrogen-bond donors (Lipinski definition) is 2. The van der Waals surface area contributed by atoms with Crippen molar-refractivity contribution in [3.05, 3.63) is 24.0 Å². The summed E-state index contributed by atoms with van der Waals surface area (Å²) in [5, 5.41) is 11.5. The summed E-state index contributed by atoms with van der Waals surface area (Å²) in [6.07, 6.45) is 1.58. The first-order valence-electron chi connectivity index (χ1n) is 4.48. The van der Waals surface area contributed by atoms with Crippen LogP contribution in [0.4, 0.5) is 0 Å². The molecule has 1 aliphatic rings. The van der Waals surface area contributed by atoms with Crippen molar-refractivity contribution in [2.75, 3.05) is 13.2 Å². The molecule has 1 aromatic rings. The number of oxime groups is 1. The molecule has 6 nitrogen and oxygen atoms in total. The molecule has 0 unspecified atom stereocenters. The Morgan fingerprint density at radius 2 is 2.47 bits per heavy atom. The van der Waals surface area contributed by atoms with Gasteiger partial charge in [-0.1, -0.05) is 5.16 Å². The van der Waals surface area contributed by atoms with Crippen molar-refractivity contribution in [1.29, 1.82) is 0 Å². The molecule has 0 amide bonds. The SMILES string of the molecule is N/C(=N/O)c1ncccc1OC1COC1. The van der Waals surface area contributed by atoms with Gasteiger partial charge >= 0.3 is 0 Å². The lowest BCUT2D eigenvalue weighted by atomic mass is 10.3. The highest BCUT2D eigenvalue weighted by Crippen LogP contribution is 2.19.